The lowest BCUT2D eigenvalue weighted by atomic mass is 9.67. The maximum Gasteiger partial charge on any atom is 0.0614 e. The molecule has 1 aliphatic rings. The van der Waals surface area contributed by atoms with Crippen molar-refractivity contribution in [2.75, 3.05) is 6.61 Å². The van der Waals surface area contributed by atoms with E-state index in [1.54, 1.807) is 5.57 Å². The van der Waals surface area contributed by atoms with Gasteiger partial charge in [-0.25, -0.2) is 0 Å². The predicted octanol–water partition coefficient (Wildman–Crippen LogP) is 5.11. The second kappa shape index (κ2) is 8.53. The first-order valence-corrected chi connectivity index (χ1v) is 7.40. The van der Waals surface area contributed by atoms with E-state index in [0.29, 0.717) is 11.3 Å². The van der Waals surface area contributed by atoms with Crippen molar-refractivity contribution in [2.45, 2.75) is 67.2 Å². The van der Waals surface area contributed by atoms with Crippen LogP contribution in [-0.2, 0) is 0 Å². The SMILES string of the molecule is CC.CC1=CCCC(C)(C)C1CC/C(C)=C/CO. The third kappa shape index (κ3) is 5.39. The standard InChI is InChI=1S/C15H26O.C2H6/c1-12(9-11-16)7-8-14-13(2)6-5-10-15(14,3)4;1-2/h6,9,14,16H,5,7-8,10-11H2,1-4H3;1-2H3/b12-9+;. The topological polar surface area (TPSA) is 20.2 Å². The minimum absolute atomic E-state index is 0.175. The van der Waals surface area contributed by atoms with Crippen molar-refractivity contribution in [1.29, 1.82) is 0 Å². The predicted molar refractivity (Wildman–Crippen MR) is 81.7 cm³/mol. The highest BCUT2D eigenvalue weighted by Gasteiger charge is 2.32. The monoisotopic (exact) mass is 252 g/mol. The van der Waals surface area contributed by atoms with E-state index in [-0.39, 0.29) is 6.61 Å². The highest BCUT2D eigenvalue weighted by atomic mass is 16.2. The van der Waals surface area contributed by atoms with Crippen LogP contribution in [0.2, 0.25) is 0 Å². The average Bonchev–Trinajstić information content (AvgIpc) is 2.30. The molecule has 1 aliphatic carbocycles. The first-order valence-electron chi connectivity index (χ1n) is 7.40. The quantitative estimate of drug-likeness (QED) is 0.689. The average molecular weight is 252 g/mol. The van der Waals surface area contributed by atoms with Gasteiger partial charge in [-0.15, -0.1) is 0 Å². The van der Waals surface area contributed by atoms with Crippen LogP contribution in [0.15, 0.2) is 23.3 Å². The Bertz CT molecular complexity index is 284. The van der Waals surface area contributed by atoms with Crippen LogP contribution in [0.4, 0.5) is 0 Å². The fraction of sp³-hybridized carbons (Fsp3) is 0.765. The number of hydrogen-bond acceptors (Lipinski definition) is 1. The van der Waals surface area contributed by atoms with Crippen LogP contribution in [0.3, 0.4) is 0 Å². The molecule has 0 bridgehead atoms. The van der Waals surface area contributed by atoms with Crippen molar-refractivity contribution in [3.63, 3.8) is 0 Å². The molecule has 0 amide bonds. The molecule has 1 heteroatoms. The Balaban J connectivity index is 0.00000137. The first kappa shape index (κ1) is 17.4. The van der Waals surface area contributed by atoms with Gasteiger partial charge in [0.2, 0.25) is 0 Å². The molecule has 0 radical (unpaired) electrons. The normalized spacial score (nSPS) is 22.9. The molecule has 1 N–H and O–H groups in total. The van der Waals surface area contributed by atoms with Gasteiger partial charge in [0, 0.05) is 0 Å². The molecule has 1 rings (SSSR count). The van der Waals surface area contributed by atoms with Crippen LogP contribution in [0.25, 0.3) is 0 Å². The smallest absolute Gasteiger partial charge is 0.0614 e. The molecule has 1 atom stereocenters. The van der Waals surface area contributed by atoms with E-state index in [9.17, 15) is 0 Å². The first-order chi connectivity index (χ1) is 8.47. The molecule has 1 nitrogen and oxygen atoms in total. The molecule has 0 aromatic carbocycles. The molecule has 0 saturated carbocycles. The zero-order chi connectivity index (χ0) is 14.2. The Morgan fingerprint density at radius 3 is 2.56 bits per heavy atom. The van der Waals surface area contributed by atoms with E-state index in [2.05, 4.69) is 33.8 Å². The largest absolute Gasteiger partial charge is 0.392 e. The fourth-order valence-corrected chi connectivity index (χ4v) is 2.85. The van der Waals surface area contributed by atoms with Gasteiger partial charge >= 0.3 is 0 Å². The Morgan fingerprint density at radius 2 is 2.06 bits per heavy atom. The molecule has 0 aromatic heterocycles. The number of allylic oxidation sites excluding steroid dienone is 3. The molecule has 0 aliphatic heterocycles. The van der Waals surface area contributed by atoms with Gasteiger partial charge in [-0.3, -0.25) is 0 Å². The molecule has 0 aromatic rings. The lowest BCUT2D eigenvalue weighted by Crippen LogP contribution is -2.27. The number of aliphatic hydroxyl groups excluding tert-OH is 1. The highest BCUT2D eigenvalue weighted by Crippen LogP contribution is 2.43. The summed E-state index contributed by atoms with van der Waals surface area (Å²) < 4.78 is 0. The second-order valence-corrected chi connectivity index (χ2v) is 5.80. The number of aliphatic hydroxyl groups is 1. The van der Waals surface area contributed by atoms with Gasteiger partial charge < -0.3 is 5.11 Å². The van der Waals surface area contributed by atoms with Gasteiger partial charge in [-0.1, -0.05) is 51.0 Å². The van der Waals surface area contributed by atoms with Crippen molar-refractivity contribution < 1.29 is 5.11 Å². The molecule has 18 heavy (non-hydrogen) atoms. The van der Waals surface area contributed by atoms with Gasteiger partial charge in [0.05, 0.1) is 6.61 Å². The number of rotatable bonds is 4. The maximum absolute atomic E-state index is 8.84. The molecule has 106 valence electrons. The van der Waals surface area contributed by atoms with Crippen molar-refractivity contribution in [3.05, 3.63) is 23.3 Å². The minimum Gasteiger partial charge on any atom is -0.392 e. The molecule has 0 fully saturated rings. The van der Waals surface area contributed by atoms with E-state index in [0.717, 1.165) is 6.42 Å². The summed E-state index contributed by atoms with van der Waals surface area (Å²) in [6, 6.07) is 0. The van der Waals surface area contributed by atoms with Crippen LogP contribution < -0.4 is 0 Å². The summed E-state index contributed by atoms with van der Waals surface area (Å²) in [5.41, 5.74) is 3.32. The third-order valence-corrected chi connectivity index (χ3v) is 4.02. The zero-order valence-electron chi connectivity index (χ0n) is 13.2. The van der Waals surface area contributed by atoms with Crippen molar-refractivity contribution in [2.24, 2.45) is 11.3 Å². The Morgan fingerprint density at radius 1 is 1.44 bits per heavy atom. The molecule has 0 spiro atoms. The van der Waals surface area contributed by atoms with Crippen LogP contribution in [0, 0.1) is 11.3 Å². The Hall–Kier alpha value is -0.560. The van der Waals surface area contributed by atoms with E-state index >= 15 is 0 Å². The van der Waals surface area contributed by atoms with Gasteiger partial charge in [-0.05, 0) is 50.9 Å². The summed E-state index contributed by atoms with van der Waals surface area (Å²) in [4.78, 5) is 0. The summed E-state index contributed by atoms with van der Waals surface area (Å²) in [6.07, 6.45) is 9.20. The van der Waals surface area contributed by atoms with Crippen LogP contribution in [-0.4, -0.2) is 11.7 Å². The summed E-state index contributed by atoms with van der Waals surface area (Å²) in [5.74, 6) is 0.711. The van der Waals surface area contributed by atoms with Crippen molar-refractivity contribution in [3.8, 4) is 0 Å². The third-order valence-electron chi connectivity index (χ3n) is 4.02. The summed E-state index contributed by atoms with van der Waals surface area (Å²) in [6.45, 7) is 13.3. The van der Waals surface area contributed by atoms with E-state index in [1.807, 2.05) is 19.9 Å². The molecular formula is C17H32O. The fourth-order valence-electron chi connectivity index (χ4n) is 2.85. The van der Waals surface area contributed by atoms with Crippen LogP contribution in [0.5, 0.6) is 0 Å². The van der Waals surface area contributed by atoms with Gasteiger partial charge in [0.1, 0.15) is 0 Å². The molecule has 1 unspecified atom stereocenters. The zero-order valence-corrected chi connectivity index (χ0v) is 13.2. The van der Waals surface area contributed by atoms with Gasteiger partial charge in [0.25, 0.3) is 0 Å². The molecular weight excluding hydrogens is 220 g/mol. The summed E-state index contributed by atoms with van der Waals surface area (Å²) in [7, 11) is 0. The van der Waals surface area contributed by atoms with Gasteiger partial charge in [-0.2, -0.15) is 0 Å². The summed E-state index contributed by atoms with van der Waals surface area (Å²) >= 11 is 0. The summed E-state index contributed by atoms with van der Waals surface area (Å²) in [5, 5.41) is 8.84. The van der Waals surface area contributed by atoms with E-state index < -0.39 is 0 Å². The lowest BCUT2D eigenvalue weighted by molar-refractivity contribution is 0.204. The minimum atomic E-state index is 0.175. The molecule has 0 heterocycles. The van der Waals surface area contributed by atoms with Gasteiger partial charge in [0.15, 0.2) is 0 Å². The van der Waals surface area contributed by atoms with E-state index in [1.165, 1.54) is 24.8 Å². The maximum atomic E-state index is 8.84. The molecule has 0 saturated heterocycles. The Kier molecular flexibility index (Phi) is 8.26. The van der Waals surface area contributed by atoms with Crippen LogP contribution in [0.1, 0.15) is 67.2 Å². The second-order valence-electron chi connectivity index (χ2n) is 5.80. The van der Waals surface area contributed by atoms with Crippen LogP contribution >= 0.6 is 0 Å². The number of hydrogen-bond donors (Lipinski definition) is 1. The lowest BCUT2D eigenvalue weighted by Gasteiger charge is -2.38. The van der Waals surface area contributed by atoms with Crippen molar-refractivity contribution in [1.82, 2.24) is 0 Å². The Labute approximate surface area is 114 Å². The highest BCUT2D eigenvalue weighted by molar-refractivity contribution is 5.13. The van der Waals surface area contributed by atoms with E-state index in [4.69, 9.17) is 5.11 Å². The van der Waals surface area contributed by atoms with Crippen molar-refractivity contribution >= 4 is 0 Å².